The lowest BCUT2D eigenvalue weighted by atomic mass is 10.1. The highest BCUT2D eigenvalue weighted by Gasteiger charge is 2.14. The molecule has 0 spiro atoms. The summed E-state index contributed by atoms with van der Waals surface area (Å²) < 4.78 is 3.50. The highest BCUT2D eigenvalue weighted by atomic mass is 16.1. The van der Waals surface area contributed by atoms with E-state index < -0.39 is 0 Å². The molecule has 23 heavy (non-hydrogen) atoms. The SMILES string of the molecule is Cc1cnn([C@H](C)[C@H](C)NCc2cc(=O)n3ccccc3n2)c1. The van der Waals surface area contributed by atoms with Crippen molar-refractivity contribution in [2.24, 2.45) is 0 Å². The second-order valence-corrected chi connectivity index (χ2v) is 5.92. The van der Waals surface area contributed by atoms with E-state index in [0.29, 0.717) is 12.2 Å². The van der Waals surface area contributed by atoms with Gasteiger partial charge in [-0.15, -0.1) is 0 Å². The van der Waals surface area contributed by atoms with E-state index in [4.69, 9.17) is 0 Å². The quantitative estimate of drug-likeness (QED) is 0.782. The molecule has 2 atom stereocenters. The molecule has 3 aromatic rings. The first-order valence-electron chi connectivity index (χ1n) is 7.76. The third kappa shape index (κ3) is 3.32. The number of nitrogens with one attached hydrogen (secondary N) is 1. The Kier molecular flexibility index (Phi) is 4.25. The molecule has 3 aromatic heterocycles. The second-order valence-electron chi connectivity index (χ2n) is 5.92. The molecule has 0 saturated heterocycles. The smallest absolute Gasteiger partial charge is 0.258 e. The number of nitrogens with zero attached hydrogens (tertiary/aromatic N) is 4. The van der Waals surface area contributed by atoms with Gasteiger partial charge in [0.1, 0.15) is 5.65 Å². The monoisotopic (exact) mass is 311 g/mol. The van der Waals surface area contributed by atoms with Gasteiger partial charge in [0.05, 0.1) is 17.9 Å². The van der Waals surface area contributed by atoms with Crippen molar-refractivity contribution in [2.75, 3.05) is 0 Å². The van der Waals surface area contributed by atoms with Crippen LogP contribution in [0.4, 0.5) is 0 Å². The summed E-state index contributed by atoms with van der Waals surface area (Å²) in [6, 6.07) is 7.53. The van der Waals surface area contributed by atoms with Gasteiger partial charge in [-0.1, -0.05) is 6.07 Å². The van der Waals surface area contributed by atoms with Crippen LogP contribution in [0.3, 0.4) is 0 Å². The van der Waals surface area contributed by atoms with E-state index in [-0.39, 0.29) is 17.6 Å². The van der Waals surface area contributed by atoms with Crippen LogP contribution >= 0.6 is 0 Å². The number of aryl methyl sites for hydroxylation is 1. The lowest BCUT2D eigenvalue weighted by molar-refractivity contribution is 0.363. The molecule has 1 N–H and O–H groups in total. The van der Waals surface area contributed by atoms with Crippen molar-refractivity contribution >= 4 is 5.65 Å². The third-order valence-electron chi connectivity index (χ3n) is 4.10. The molecule has 0 aliphatic heterocycles. The largest absolute Gasteiger partial charge is 0.307 e. The zero-order chi connectivity index (χ0) is 16.4. The average Bonchev–Trinajstić information content (AvgIpc) is 2.98. The molecular weight excluding hydrogens is 290 g/mol. The van der Waals surface area contributed by atoms with Gasteiger partial charge in [-0.3, -0.25) is 13.9 Å². The number of hydrogen-bond donors (Lipinski definition) is 1. The van der Waals surface area contributed by atoms with E-state index in [1.165, 1.54) is 0 Å². The minimum absolute atomic E-state index is 0.0594. The van der Waals surface area contributed by atoms with E-state index in [1.807, 2.05) is 42.2 Å². The van der Waals surface area contributed by atoms with E-state index in [1.54, 1.807) is 16.7 Å². The summed E-state index contributed by atoms with van der Waals surface area (Å²) in [6.07, 6.45) is 5.62. The highest BCUT2D eigenvalue weighted by Crippen LogP contribution is 2.11. The molecule has 0 unspecified atom stereocenters. The van der Waals surface area contributed by atoms with Crippen LogP contribution in [-0.4, -0.2) is 25.2 Å². The summed E-state index contributed by atoms with van der Waals surface area (Å²) in [4.78, 5) is 16.6. The van der Waals surface area contributed by atoms with Gasteiger partial charge in [0.25, 0.3) is 5.56 Å². The molecule has 120 valence electrons. The fourth-order valence-electron chi connectivity index (χ4n) is 2.51. The summed E-state index contributed by atoms with van der Waals surface area (Å²) in [6.45, 7) is 6.80. The van der Waals surface area contributed by atoms with E-state index in [9.17, 15) is 4.79 Å². The van der Waals surface area contributed by atoms with Crippen LogP contribution in [0.5, 0.6) is 0 Å². The van der Waals surface area contributed by atoms with Gasteiger partial charge in [-0.2, -0.15) is 5.10 Å². The van der Waals surface area contributed by atoms with Crippen molar-refractivity contribution < 1.29 is 0 Å². The Bertz CT molecular complexity index is 867. The van der Waals surface area contributed by atoms with Crippen LogP contribution in [0, 0.1) is 6.92 Å². The minimum atomic E-state index is -0.0594. The standard InChI is InChI=1S/C17H21N5O/c1-12-9-19-22(11-12)14(3)13(2)18-10-15-8-17(23)21-7-5-4-6-16(21)20-15/h4-9,11,13-14,18H,10H2,1-3H3/t13-,14+/m0/s1. The molecular formula is C17H21N5O. The van der Waals surface area contributed by atoms with Gasteiger partial charge >= 0.3 is 0 Å². The summed E-state index contributed by atoms with van der Waals surface area (Å²) >= 11 is 0. The Morgan fingerprint density at radius 1 is 1.30 bits per heavy atom. The van der Waals surface area contributed by atoms with Gasteiger partial charge in [-0.05, 0) is 38.5 Å². The number of aromatic nitrogens is 4. The van der Waals surface area contributed by atoms with Gasteiger partial charge in [0, 0.05) is 31.0 Å². The Hall–Kier alpha value is -2.47. The molecule has 0 aliphatic carbocycles. The first-order valence-corrected chi connectivity index (χ1v) is 7.76. The Labute approximate surface area is 134 Å². The number of rotatable bonds is 5. The second kappa shape index (κ2) is 6.34. The van der Waals surface area contributed by atoms with Crippen LogP contribution in [0.2, 0.25) is 0 Å². The van der Waals surface area contributed by atoms with Gasteiger partial charge in [-0.25, -0.2) is 4.98 Å². The summed E-state index contributed by atoms with van der Waals surface area (Å²) in [7, 11) is 0. The van der Waals surface area contributed by atoms with Gasteiger partial charge in [0.15, 0.2) is 0 Å². The Morgan fingerprint density at radius 3 is 2.87 bits per heavy atom. The third-order valence-corrected chi connectivity index (χ3v) is 4.10. The van der Waals surface area contributed by atoms with Crippen molar-refractivity contribution in [1.82, 2.24) is 24.5 Å². The Balaban J connectivity index is 1.71. The minimum Gasteiger partial charge on any atom is -0.307 e. The van der Waals surface area contributed by atoms with Gasteiger partial charge in [0.2, 0.25) is 0 Å². The van der Waals surface area contributed by atoms with Gasteiger partial charge < -0.3 is 5.32 Å². The van der Waals surface area contributed by atoms with Crippen LogP contribution in [0.25, 0.3) is 5.65 Å². The maximum absolute atomic E-state index is 12.1. The fourth-order valence-corrected chi connectivity index (χ4v) is 2.51. The first kappa shape index (κ1) is 15.4. The van der Waals surface area contributed by atoms with E-state index in [2.05, 4.69) is 29.2 Å². The zero-order valence-electron chi connectivity index (χ0n) is 13.6. The maximum atomic E-state index is 12.1. The summed E-state index contributed by atoms with van der Waals surface area (Å²) in [5.74, 6) is 0. The van der Waals surface area contributed by atoms with E-state index in [0.717, 1.165) is 11.3 Å². The van der Waals surface area contributed by atoms with Crippen LogP contribution < -0.4 is 10.9 Å². The maximum Gasteiger partial charge on any atom is 0.258 e. The van der Waals surface area contributed by atoms with Crippen LogP contribution in [-0.2, 0) is 6.54 Å². The lowest BCUT2D eigenvalue weighted by Gasteiger charge is -2.21. The van der Waals surface area contributed by atoms with Crippen molar-refractivity contribution in [3.05, 3.63) is 64.5 Å². The zero-order valence-corrected chi connectivity index (χ0v) is 13.6. The summed E-state index contributed by atoms with van der Waals surface area (Å²) in [5.41, 5.74) is 2.50. The molecule has 0 radical (unpaired) electrons. The topological polar surface area (TPSA) is 64.2 Å². The van der Waals surface area contributed by atoms with Crippen LogP contribution in [0.15, 0.2) is 47.7 Å². The van der Waals surface area contributed by atoms with Crippen molar-refractivity contribution in [1.29, 1.82) is 0 Å². The molecule has 6 nitrogen and oxygen atoms in total. The predicted molar refractivity (Wildman–Crippen MR) is 89.4 cm³/mol. The molecule has 3 heterocycles. The molecule has 6 heteroatoms. The summed E-state index contributed by atoms with van der Waals surface area (Å²) in [5, 5.41) is 7.78. The van der Waals surface area contributed by atoms with Crippen LogP contribution in [0.1, 0.15) is 31.1 Å². The van der Waals surface area contributed by atoms with Crippen molar-refractivity contribution in [3.63, 3.8) is 0 Å². The predicted octanol–water partition coefficient (Wildman–Crippen LogP) is 1.94. The highest BCUT2D eigenvalue weighted by molar-refractivity contribution is 5.37. The average molecular weight is 311 g/mol. The number of fused-ring (bicyclic) bond motifs is 1. The molecule has 0 bridgehead atoms. The lowest BCUT2D eigenvalue weighted by Crippen LogP contribution is -2.34. The van der Waals surface area contributed by atoms with Crippen molar-refractivity contribution in [2.45, 2.75) is 39.4 Å². The van der Waals surface area contributed by atoms with Crippen molar-refractivity contribution in [3.8, 4) is 0 Å². The number of pyridine rings is 1. The molecule has 0 aromatic carbocycles. The number of hydrogen-bond acceptors (Lipinski definition) is 4. The molecule has 0 aliphatic rings. The first-order chi connectivity index (χ1) is 11.0. The van der Waals surface area contributed by atoms with E-state index >= 15 is 0 Å². The molecule has 3 rings (SSSR count). The molecule has 0 saturated carbocycles. The fraction of sp³-hybridized carbons (Fsp3) is 0.353. The Morgan fingerprint density at radius 2 is 2.13 bits per heavy atom. The molecule has 0 amide bonds. The normalized spacial score (nSPS) is 14.0. The molecule has 0 fully saturated rings.